The highest BCUT2D eigenvalue weighted by atomic mass is 16.5. The molecule has 2 aromatic carbocycles. The number of aliphatic hydroxyl groups is 1. The van der Waals surface area contributed by atoms with Crippen LogP contribution in [0.1, 0.15) is 16.8 Å². The fourth-order valence-electron chi connectivity index (χ4n) is 4.58. The van der Waals surface area contributed by atoms with Gasteiger partial charge in [-0.1, -0.05) is 30.3 Å². The summed E-state index contributed by atoms with van der Waals surface area (Å²) >= 11 is 0. The number of aliphatic hydroxyl groups excluding tert-OH is 1. The number of fused-ring (bicyclic) bond motifs is 1. The molecule has 1 aromatic heterocycles. The number of amides is 1. The number of rotatable bonds is 9. The minimum Gasteiger partial charge on any atom is -0.484 e. The Morgan fingerprint density at radius 1 is 1.12 bits per heavy atom. The first-order valence-electron chi connectivity index (χ1n) is 11.9. The number of para-hydroxylation sites is 1. The molecule has 0 saturated carbocycles. The third kappa shape index (κ3) is 5.78. The van der Waals surface area contributed by atoms with Crippen LogP contribution in [-0.2, 0) is 22.6 Å². The monoisotopic (exact) mass is 465 g/mol. The molecule has 1 aliphatic heterocycles. The Bertz CT molecular complexity index is 1100. The number of morpholine rings is 1. The van der Waals surface area contributed by atoms with Gasteiger partial charge in [0.1, 0.15) is 5.75 Å². The number of likely N-dealkylation sites (N-methyl/N-ethyl adjacent to an activating group) is 1. The van der Waals surface area contributed by atoms with E-state index in [-0.39, 0.29) is 12.5 Å². The van der Waals surface area contributed by atoms with Gasteiger partial charge in [-0.15, -0.1) is 0 Å². The first-order valence-corrected chi connectivity index (χ1v) is 11.9. The normalized spacial score (nSPS) is 15.1. The molecule has 4 rings (SSSR count). The molecule has 34 heavy (non-hydrogen) atoms. The van der Waals surface area contributed by atoms with Gasteiger partial charge < -0.3 is 24.0 Å². The molecule has 1 aliphatic rings. The number of hydrogen-bond acceptors (Lipinski definition) is 5. The zero-order valence-corrected chi connectivity index (χ0v) is 20.4. The van der Waals surface area contributed by atoms with Crippen LogP contribution in [0.5, 0.6) is 5.75 Å². The van der Waals surface area contributed by atoms with Crippen LogP contribution in [0.3, 0.4) is 0 Å². The molecule has 1 amide bonds. The lowest BCUT2D eigenvalue weighted by Crippen LogP contribution is -2.42. The average Bonchev–Trinajstić information content (AvgIpc) is 3.08. The van der Waals surface area contributed by atoms with Crippen LogP contribution in [0.2, 0.25) is 0 Å². The van der Waals surface area contributed by atoms with Gasteiger partial charge in [-0.3, -0.25) is 9.69 Å². The lowest BCUT2D eigenvalue weighted by Gasteiger charge is -2.26. The van der Waals surface area contributed by atoms with Crippen molar-refractivity contribution < 1.29 is 19.4 Å². The fourth-order valence-corrected chi connectivity index (χ4v) is 4.58. The maximum atomic E-state index is 12.2. The summed E-state index contributed by atoms with van der Waals surface area (Å²) in [5.41, 5.74) is 4.76. The van der Waals surface area contributed by atoms with Gasteiger partial charge in [0.2, 0.25) is 0 Å². The third-order valence-electron chi connectivity index (χ3n) is 6.56. The highest BCUT2D eigenvalue weighted by Gasteiger charge is 2.18. The molecule has 7 heteroatoms. The van der Waals surface area contributed by atoms with Crippen molar-refractivity contribution in [3.05, 3.63) is 65.4 Å². The maximum absolute atomic E-state index is 12.2. The summed E-state index contributed by atoms with van der Waals surface area (Å²) in [6, 6.07) is 16.1. The lowest BCUT2D eigenvalue weighted by molar-refractivity contribution is -0.137. The van der Waals surface area contributed by atoms with Crippen LogP contribution in [0, 0.1) is 13.8 Å². The molecule has 0 bridgehead atoms. The van der Waals surface area contributed by atoms with E-state index in [9.17, 15) is 9.90 Å². The molecule has 3 aromatic rings. The van der Waals surface area contributed by atoms with Gasteiger partial charge in [-0.2, -0.15) is 0 Å². The summed E-state index contributed by atoms with van der Waals surface area (Å²) in [6.45, 7) is 8.56. The Labute approximate surface area is 201 Å². The van der Waals surface area contributed by atoms with Crippen LogP contribution < -0.4 is 4.74 Å². The van der Waals surface area contributed by atoms with E-state index in [4.69, 9.17) is 9.47 Å². The minimum absolute atomic E-state index is 0.0120. The number of hydrogen-bond donors (Lipinski definition) is 1. The predicted octanol–water partition coefficient (Wildman–Crippen LogP) is 2.99. The standard InChI is InChI=1S/C27H35N3O4/c1-20-21(2)30(26-7-5-4-6-25(20)26)18-23(31)17-28(3)16-22-8-10-24(11-9-22)34-19-27(32)29-12-14-33-15-13-29/h4-11,23,31H,12-19H2,1-3H3/t23-/m0/s1. The van der Waals surface area contributed by atoms with Crippen molar-refractivity contribution in [3.8, 4) is 5.75 Å². The molecule has 1 saturated heterocycles. The summed E-state index contributed by atoms with van der Waals surface area (Å²) < 4.78 is 13.2. The number of aryl methyl sites for hydroxylation is 1. The third-order valence-corrected chi connectivity index (χ3v) is 6.56. The number of aromatic nitrogens is 1. The molecule has 7 nitrogen and oxygen atoms in total. The van der Waals surface area contributed by atoms with E-state index in [0.717, 1.165) is 5.56 Å². The smallest absolute Gasteiger partial charge is 0.260 e. The Balaban J connectivity index is 1.26. The minimum atomic E-state index is -0.479. The Hall–Kier alpha value is -2.87. The molecule has 182 valence electrons. The quantitative estimate of drug-likeness (QED) is 0.526. The first kappa shape index (κ1) is 24.3. The Morgan fingerprint density at radius 3 is 2.56 bits per heavy atom. The molecule has 1 fully saturated rings. The van der Waals surface area contributed by atoms with E-state index >= 15 is 0 Å². The molecule has 2 heterocycles. The molecule has 1 atom stereocenters. The number of benzene rings is 2. The van der Waals surface area contributed by atoms with Crippen molar-refractivity contribution in [2.45, 2.75) is 33.0 Å². The number of carbonyl (C=O) groups is 1. The van der Waals surface area contributed by atoms with Crippen LogP contribution in [-0.4, -0.2) is 78.0 Å². The molecule has 0 aliphatic carbocycles. The van der Waals surface area contributed by atoms with Gasteiger partial charge >= 0.3 is 0 Å². The van der Waals surface area contributed by atoms with Crippen molar-refractivity contribution in [3.63, 3.8) is 0 Å². The molecular weight excluding hydrogens is 430 g/mol. The average molecular weight is 466 g/mol. The second-order valence-electron chi connectivity index (χ2n) is 9.11. The van der Waals surface area contributed by atoms with E-state index < -0.39 is 6.10 Å². The lowest BCUT2D eigenvalue weighted by atomic mass is 10.2. The molecule has 0 spiro atoms. The van der Waals surface area contributed by atoms with Crippen LogP contribution in [0.15, 0.2) is 48.5 Å². The second kappa shape index (κ2) is 11.0. The Kier molecular flexibility index (Phi) is 7.88. The largest absolute Gasteiger partial charge is 0.484 e. The topological polar surface area (TPSA) is 67.2 Å². The van der Waals surface area contributed by atoms with Crippen molar-refractivity contribution in [2.24, 2.45) is 0 Å². The van der Waals surface area contributed by atoms with E-state index in [1.54, 1.807) is 4.90 Å². The summed E-state index contributed by atoms with van der Waals surface area (Å²) in [6.07, 6.45) is -0.479. The maximum Gasteiger partial charge on any atom is 0.260 e. The Morgan fingerprint density at radius 2 is 1.82 bits per heavy atom. The van der Waals surface area contributed by atoms with Gasteiger partial charge in [0.05, 0.1) is 25.9 Å². The SMILES string of the molecule is Cc1c(C)n(C[C@@H](O)CN(C)Cc2ccc(OCC(=O)N3CCOCC3)cc2)c2ccccc12. The fraction of sp³-hybridized carbons (Fsp3) is 0.444. The highest BCUT2D eigenvalue weighted by Crippen LogP contribution is 2.25. The number of ether oxygens (including phenoxy) is 2. The predicted molar refractivity (Wildman–Crippen MR) is 133 cm³/mol. The summed E-state index contributed by atoms with van der Waals surface area (Å²) in [4.78, 5) is 16.1. The van der Waals surface area contributed by atoms with Crippen LogP contribution in [0.25, 0.3) is 10.9 Å². The zero-order valence-electron chi connectivity index (χ0n) is 20.4. The summed E-state index contributed by atoms with van der Waals surface area (Å²) in [5, 5.41) is 12.0. The molecule has 0 unspecified atom stereocenters. The van der Waals surface area contributed by atoms with E-state index in [1.807, 2.05) is 37.4 Å². The van der Waals surface area contributed by atoms with E-state index in [1.165, 1.54) is 22.2 Å². The van der Waals surface area contributed by atoms with Crippen molar-refractivity contribution in [2.75, 3.05) is 46.5 Å². The van der Waals surface area contributed by atoms with Crippen LogP contribution >= 0.6 is 0 Å². The van der Waals surface area contributed by atoms with Gasteiger partial charge in [0.15, 0.2) is 6.61 Å². The summed E-state index contributed by atoms with van der Waals surface area (Å²) in [5.74, 6) is 0.667. The van der Waals surface area contributed by atoms with Crippen molar-refractivity contribution in [1.29, 1.82) is 0 Å². The molecular formula is C27H35N3O4. The number of carbonyl (C=O) groups excluding carboxylic acids is 1. The van der Waals surface area contributed by atoms with Gasteiger partial charge in [0.25, 0.3) is 5.91 Å². The highest BCUT2D eigenvalue weighted by molar-refractivity contribution is 5.85. The molecule has 1 N–H and O–H groups in total. The van der Waals surface area contributed by atoms with Crippen molar-refractivity contribution >= 4 is 16.8 Å². The summed E-state index contributed by atoms with van der Waals surface area (Å²) in [7, 11) is 2.01. The van der Waals surface area contributed by atoms with Gasteiger partial charge in [0, 0.05) is 42.8 Å². The van der Waals surface area contributed by atoms with Gasteiger partial charge in [-0.05, 0) is 50.2 Å². The number of nitrogens with zero attached hydrogens (tertiary/aromatic N) is 3. The second-order valence-corrected chi connectivity index (χ2v) is 9.11. The van der Waals surface area contributed by atoms with Gasteiger partial charge in [-0.25, -0.2) is 0 Å². The first-order chi connectivity index (χ1) is 16.4. The van der Waals surface area contributed by atoms with Crippen molar-refractivity contribution in [1.82, 2.24) is 14.4 Å². The zero-order chi connectivity index (χ0) is 24.1. The van der Waals surface area contributed by atoms with Crippen LogP contribution in [0.4, 0.5) is 0 Å². The molecule has 0 radical (unpaired) electrons. The van der Waals surface area contributed by atoms with E-state index in [0.29, 0.717) is 51.7 Å². The van der Waals surface area contributed by atoms with E-state index in [2.05, 4.69) is 41.5 Å².